The van der Waals surface area contributed by atoms with Gasteiger partial charge in [-0.3, -0.25) is 4.79 Å². The lowest BCUT2D eigenvalue weighted by Gasteiger charge is -2.12. The van der Waals surface area contributed by atoms with Crippen molar-refractivity contribution in [3.63, 3.8) is 0 Å². The number of H-pyrrole nitrogens is 1. The second-order valence-corrected chi connectivity index (χ2v) is 6.55. The van der Waals surface area contributed by atoms with Gasteiger partial charge in [-0.05, 0) is 38.1 Å². The van der Waals surface area contributed by atoms with Gasteiger partial charge in [0.2, 0.25) is 0 Å². The number of alkyl halides is 3. The van der Waals surface area contributed by atoms with E-state index >= 15 is 0 Å². The molecule has 1 N–H and O–H groups in total. The molecule has 0 bridgehead atoms. The summed E-state index contributed by atoms with van der Waals surface area (Å²) in [6.45, 7) is 3.56. The molecule has 2 aromatic carbocycles. The Morgan fingerprint density at radius 2 is 2.00 bits per heavy atom. The number of carbonyl (C=O) groups excluding carboxylic acids is 1. The van der Waals surface area contributed by atoms with Gasteiger partial charge in [0.25, 0.3) is 0 Å². The first kappa shape index (κ1) is 20.9. The number of nitrogens with one attached hydrogen (secondary N) is 1. The average Bonchev–Trinajstić information content (AvgIpc) is 3.06. The highest BCUT2D eigenvalue weighted by atomic mass is 35.5. The van der Waals surface area contributed by atoms with Crippen LogP contribution in [-0.2, 0) is 15.7 Å². The molecule has 5 nitrogen and oxygen atoms in total. The normalized spacial score (nSPS) is 12.8. The minimum atomic E-state index is -4.73. The molecule has 1 aromatic heterocycles. The van der Waals surface area contributed by atoms with Gasteiger partial charge >= 0.3 is 12.1 Å². The number of hydrogen-bond donors (Lipinski definition) is 1. The highest BCUT2D eigenvalue weighted by Crippen LogP contribution is 2.39. The lowest BCUT2D eigenvalue weighted by Crippen LogP contribution is -2.14. The Kier molecular flexibility index (Phi) is 5.70. The van der Waals surface area contributed by atoms with Crippen LogP contribution in [0.25, 0.3) is 11.0 Å². The second kappa shape index (κ2) is 7.90. The first-order chi connectivity index (χ1) is 13.6. The van der Waals surface area contributed by atoms with Crippen molar-refractivity contribution in [3.8, 4) is 11.5 Å². The molecule has 0 aliphatic rings. The van der Waals surface area contributed by atoms with Crippen LogP contribution in [0.15, 0.2) is 30.3 Å². The molecule has 0 fully saturated rings. The molecule has 0 radical (unpaired) electrons. The van der Waals surface area contributed by atoms with Crippen molar-refractivity contribution in [2.24, 2.45) is 0 Å². The SMILES string of the molecule is CCOC(=O)C(C)c1nc2ccc(Oc3c(F)cc(C(F)(F)F)cc3Cl)cc2[nH]1. The molecule has 3 rings (SSSR count). The highest BCUT2D eigenvalue weighted by Gasteiger charge is 2.32. The lowest BCUT2D eigenvalue weighted by atomic mass is 10.2. The number of halogens is 5. The van der Waals surface area contributed by atoms with Crippen LogP contribution < -0.4 is 4.74 Å². The van der Waals surface area contributed by atoms with Crippen LogP contribution in [0.5, 0.6) is 11.5 Å². The predicted octanol–water partition coefficient (Wildman–Crippen LogP) is 5.83. The van der Waals surface area contributed by atoms with Gasteiger partial charge in [0.15, 0.2) is 11.6 Å². The summed E-state index contributed by atoms with van der Waals surface area (Å²) >= 11 is 5.78. The molecular formula is C19H15ClF4N2O3. The van der Waals surface area contributed by atoms with Crippen molar-refractivity contribution in [2.75, 3.05) is 6.61 Å². The molecule has 1 unspecified atom stereocenters. The van der Waals surface area contributed by atoms with Crippen LogP contribution in [0.1, 0.15) is 31.2 Å². The van der Waals surface area contributed by atoms with Crippen molar-refractivity contribution in [2.45, 2.75) is 25.9 Å². The molecule has 0 saturated carbocycles. The topological polar surface area (TPSA) is 64.2 Å². The fraction of sp³-hybridized carbons (Fsp3) is 0.263. The molecule has 0 saturated heterocycles. The summed E-state index contributed by atoms with van der Waals surface area (Å²) in [4.78, 5) is 19.1. The van der Waals surface area contributed by atoms with Gasteiger partial charge in [-0.15, -0.1) is 0 Å². The minimum Gasteiger partial charge on any atom is -0.465 e. The van der Waals surface area contributed by atoms with Gasteiger partial charge in [-0.25, -0.2) is 9.37 Å². The summed E-state index contributed by atoms with van der Waals surface area (Å²) in [5, 5.41) is -0.515. The Morgan fingerprint density at radius 3 is 2.62 bits per heavy atom. The average molecular weight is 431 g/mol. The van der Waals surface area contributed by atoms with E-state index in [9.17, 15) is 22.4 Å². The third-order valence-electron chi connectivity index (χ3n) is 4.07. The Labute approximate surface area is 167 Å². The monoisotopic (exact) mass is 430 g/mol. The molecular weight excluding hydrogens is 416 g/mol. The van der Waals surface area contributed by atoms with Gasteiger partial charge in [0.1, 0.15) is 17.5 Å². The Hall–Kier alpha value is -2.81. The van der Waals surface area contributed by atoms with E-state index in [4.69, 9.17) is 21.1 Å². The van der Waals surface area contributed by atoms with Gasteiger partial charge in [0, 0.05) is 6.07 Å². The summed E-state index contributed by atoms with van der Waals surface area (Å²) in [5.74, 6) is -2.36. The first-order valence-corrected chi connectivity index (χ1v) is 8.88. The van der Waals surface area contributed by atoms with Crippen LogP contribution >= 0.6 is 11.6 Å². The van der Waals surface area contributed by atoms with Gasteiger partial charge < -0.3 is 14.5 Å². The number of fused-ring (bicyclic) bond motifs is 1. The maximum Gasteiger partial charge on any atom is 0.416 e. The largest absolute Gasteiger partial charge is 0.465 e. The molecule has 10 heteroatoms. The summed E-state index contributed by atoms with van der Waals surface area (Å²) in [5.41, 5.74) is -0.214. The molecule has 1 heterocycles. The third kappa shape index (κ3) is 4.45. The summed E-state index contributed by atoms with van der Waals surface area (Å²) in [7, 11) is 0. The fourth-order valence-electron chi connectivity index (χ4n) is 2.59. The lowest BCUT2D eigenvalue weighted by molar-refractivity contribution is -0.144. The first-order valence-electron chi connectivity index (χ1n) is 8.50. The van der Waals surface area contributed by atoms with Crippen LogP contribution in [0.3, 0.4) is 0 Å². The molecule has 0 aliphatic heterocycles. The number of esters is 1. The third-order valence-corrected chi connectivity index (χ3v) is 4.35. The van der Waals surface area contributed by atoms with E-state index in [-0.39, 0.29) is 12.4 Å². The zero-order valence-corrected chi connectivity index (χ0v) is 16.0. The summed E-state index contributed by atoms with van der Waals surface area (Å²) in [6.07, 6.45) is -4.73. The number of hydrogen-bond acceptors (Lipinski definition) is 4. The molecule has 3 aromatic rings. The molecule has 0 aliphatic carbocycles. The van der Waals surface area contributed by atoms with Crippen molar-refractivity contribution in [1.29, 1.82) is 0 Å². The number of imidazole rings is 1. The zero-order chi connectivity index (χ0) is 21.3. The van der Waals surface area contributed by atoms with E-state index in [1.807, 2.05) is 0 Å². The number of rotatable bonds is 5. The van der Waals surface area contributed by atoms with Gasteiger partial charge in [0.05, 0.1) is 28.2 Å². The van der Waals surface area contributed by atoms with E-state index in [1.54, 1.807) is 19.9 Å². The fourth-order valence-corrected chi connectivity index (χ4v) is 2.84. The van der Waals surface area contributed by atoms with Crippen LogP contribution in [0, 0.1) is 5.82 Å². The van der Waals surface area contributed by atoms with Crippen LogP contribution in [-0.4, -0.2) is 22.5 Å². The van der Waals surface area contributed by atoms with Crippen molar-refractivity contribution in [3.05, 3.63) is 52.6 Å². The van der Waals surface area contributed by atoms with Crippen LogP contribution in [0.2, 0.25) is 5.02 Å². The summed E-state index contributed by atoms with van der Waals surface area (Å²) < 4.78 is 62.7. The molecule has 29 heavy (non-hydrogen) atoms. The predicted molar refractivity (Wildman–Crippen MR) is 97.6 cm³/mol. The van der Waals surface area contributed by atoms with E-state index in [2.05, 4.69) is 9.97 Å². The number of nitrogens with zero attached hydrogens (tertiary/aromatic N) is 1. The van der Waals surface area contributed by atoms with E-state index in [1.165, 1.54) is 12.1 Å². The van der Waals surface area contributed by atoms with Crippen molar-refractivity contribution < 1.29 is 31.8 Å². The smallest absolute Gasteiger partial charge is 0.416 e. The second-order valence-electron chi connectivity index (χ2n) is 6.14. The van der Waals surface area contributed by atoms with Crippen molar-refractivity contribution >= 4 is 28.6 Å². The van der Waals surface area contributed by atoms with E-state index in [0.717, 1.165) is 0 Å². The van der Waals surface area contributed by atoms with Crippen molar-refractivity contribution in [1.82, 2.24) is 9.97 Å². The quantitative estimate of drug-likeness (QED) is 0.408. The molecule has 1 atom stereocenters. The molecule has 0 spiro atoms. The standard InChI is InChI=1S/C19H15ClF4N2O3/c1-3-28-18(27)9(2)17-25-14-5-4-11(8-15(14)26-17)29-16-12(20)6-10(7-13(16)21)19(22,23)24/h4-9H,3H2,1-2H3,(H,25,26). The minimum absolute atomic E-state index is 0.122. The number of benzene rings is 2. The maximum atomic E-state index is 14.1. The number of aromatic amines is 1. The summed E-state index contributed by atoms with van der Waals surface area (Å²) in [6, 6.07) is 5.38. The van der Waals surface area contributed by atoms with Gasteiger partial charge in [-0.2, -0.15) is 13.2 Å². The Balaban J connectivity index is 1.89. The van der Waals surface area contributed by atoms with E-state index in [0.29, 0.717) is 29.0 Å². The Morgan fingerprint density at radius 1 is 1.28 bits per heavy atom. The number of aromatic nitrogens is 2. The zero-order valence-electron chi connectivity index (χ0n) is 15.2. The maximum absolute atomic E-state index is 14.1. The van der Waals surface area contributed by atoms with Gasteiger partial charge in [-0.1, -0.05) is 11.6 Å². The number of ether oxygens (including phenoxy) is 2. The highest BCUT2D eigenvalue weighted by molar-refractivity contribution is 6.32. The van der Waals surface area contributed by atoms with E-state index < -0.39 is 40.2 Å². The van der Waals surface area contributed by atoms with Crippen LogP contribution in [0.4, 0.5) is 17.6 Å². The Bertz CT molecular complexity index is 1040. The molecule has 0 amide bonds. The molecule has 154 valence electrons. The number of carbonyl (C=O) groups is 1.